The molecule has 0 unspecified atom stereocenters. The first-order valence-electron chi connectivity index (χ1n) is 9.33. The van der Waals surface area contributed by atoms with Crippen molar-refractivity contribution in [3.8, 4) is 17.2 Å². The normalized spacial score (nSPS) is 10.1. The summed E-state index contributed by atoms with van der Waals surface area (Å²) in [5, 5.41) is 14.6. The molecule has 1 aromatic heterocycles. The number of ether oxygens (including phenoxy) is 1. The van der Waals surface area contributed by atoms with Gasteiger partial charge in [-0.25, -0.2) is 0 Å². The fourth-order valence-electron chi connectivity index (χ4n) is 2.61. The van der Waals surface area contributed by atoms with Crippen LogP contribution in [0.25, 0.3) is 5.69 Å². The van der Waals surface area contributed by atoms with Gasteiger partial charge in [-0.15, -0.1) is 0 Å². The molecule has 0 saturated heterocycles. The molecule has 0 amide bonds. The first-order chi connectivity index (χ1) is 15.8. The Balaban J connectivity index is 0.000000189. The lowest BCUT2D eigenvalue weighted by molar-refractivity contribution is -0.383. The molecule has 33 heavy (non-hydrogen) atoms. The van der Waals surface area contributed by atoms with E-state index in [1.165, 1.54) is 23.0 Å². The van der Waals surface area contributed by atoms with Crippen LogP contribution in [0.4, 0.5) is 17.1 Å². The van der Waals surface area contributed by atoms with Crippen molar-refractivity contribution in [2.45, 2.75) is 0 Å². The van der Waals surface area contributed by atoms with E-state index >= 15 is 0 Å². The molecule has 0 aliphatic rings. The Morgan fingerprint density at radius 3 is 2.12 bits per heavy atom. The maximum absolute atomic E-state index is 11.7. The quantitative estimate of drug-likeness (QED) is 0.233. The van der Waals surface area contributed by atoms with Gasteiger partial charge in [-0.05, 0) is 30.3 Å². The number of hydrogen-bond donors (Lipinski definition) is 2. The predicted octanol–water partition coefficient (Wildman–Crippen LogP) is 5.09. The minimum Gasteiger partial charge on any atom is -0.456 e. The molecular formula is C22H17Cl2N5O4. The topological polar surface area (TPSA) is 139 Å². The van der Waals surface area contributed by atoms with Gasteiger partial charge in [0.15, 0.2) is 0 Å². The average molecular weight is 486 g/mol. The van der Waals surface area contributed by atoms with Crippen LogP contribution in [0.1, 0.15) is 0 Å². The molecule has 0 spiro atoms. The lowest BCUT2D eigenvalue weighted by Gasteiger charge is -2.08. The fourth-order valence-corrected chi connectivity index (χ4v) is 2.94. The maximum Gasteiger partial charge on any atom is 0.293 e. The number of anilines is 2. The smallest absolute Gasteiger partial charge is 0.293 e. The molecule has 0 fully saturated rings. The number of halogens is 2. The zero-order valence-electron chi connectivity index (χ0n) is 16.9. The van der Waals surface area contributed by atoms with Crippen LogP contribution in [0.5, 0.6) is 11.5 Å². The highest BCUT2D eigenvalue weighted by molar-refractivity contribution is 6.35. The number of nitrogens with zero attached hydrogens (tertiary/aromatic N) is 3. The molecule has 0 radical (unpaired) electrons. The minimum absolute atomic E-state index is 0.00569. The van der Waals surface area contributed by atoms with Gasteiger partial charge in [-0.2, -0.15) is 9.78 Å². The van der Waals surface area contributed by atoms with Crippen LogP contribution in [0, 0.1) is 10.1 Å². The van der Waals surface area contributed by atoms with Crippen molar-refractivity contribution in [2.24, 2.45) is 0 Å². The van der Waals surface area contributed by atoms with Crippen molar-refractivity contribution >= 4 is 40.3 Å². The zero-order valence-corrected chi connectivity index (χ0v) is 18.4. The Morgan fingerprint density at radius 2 is 1.52 bits per heavy atom. The Morgan fingerprint density at radius 1 is 0.909 bits per heavy atom. The van der Waals surface area contributed by atoms with E-state index in [1.54, 1.807) is 36.4 Å². The van der Waals surface area contributed by atoms with E-state index in [1.807, 2.05) is 24.3 Å². The summed E-state index contributed by atoms with van der Waals surface area (Å²) in [4.78, 5) is 21.8. The van der Waals surface area contributed by atoms with Crippen molar-refractivity contribution in [1.29, 1.82) is 0 Å². The molecule has 0 aliphatic heterocycles. The van der Waals surface area contributed by atoms with Crippen LogP contribution in [0.2, 0.25) is 10.0 Å². The van der Waals surface area contributed by atoms with E-state index in [2.05, 4.69) is 5.10 Å². The number of nitro benzene ring substituents is 1. The summed E-state index contributed by atoms with van der Waals surface area (Å²) >= 11 is 11.7. The summed E-state index contributed by atoms with van der Waals surface area (Å²) in [5.74, 6) is 0.860. The highest BCUT2D eigenvalue weighted by Gasteiger charge is 2.18. The number of para-hydroxylation sites is 2. The van der Waals surface area contributed by atoms with Crippen molar-refractivity contribution in [3.05, 3.63) is 110 Å². The molecule has 11 heteroatoms. The van der Waals surface area contributed by atoms with Gasteiger partial charge in [0.05, 0.1) is 22.5 Å². The second-order valence-electron chi connectivity index (χ2n) is 6.45. The number of aromatic nitrogens is 2. The molecule has 0 atom stereocenters. The summed E-state index contributed by atoms with van der Waals surface area (Å²) in [6.07, 6.45) is 1.36. The summed E-state index contributed by atoms with van der Waals surface area (Å²) in [7, 11) is 0. The second-order valence-corrected chi connectivity index (χ2v) is 7.21. The van der Waals surface area contributed by atoms with E-state index in [-0.39, 0.29) is 32.9 Å². The van der Waals surface area contributed by atoms with Gasteiger partial charge < -0.3 is 16.2 Å². The maximum atomic E-state index is 11.7. The largest absolute Gasteiger partial charge is 0.456 e. The summed E-state index contributed by atoms with van der Waals surface area (Å²) in [5.41, 5.74) is 11.1. The van der Waals surface area contributed by atoms with Crippen molar-refractivity contribution in [1.82, 2.24) is 9.78 Å². The number of hydrogen-bond acceptors (Lipinski definition) is 7. The van der Waals surface area contributed by atoms with E-state index in [9.17, 15) is 14.9 Å². The van der Waals surface area contributed by atoms with Crippen molar-refractivity contribution < 1.29 is 9.66 Å². The third-order valence-corrected chi connectivity index (χ3v) is 5.01. The third kappa shape index (κ3) is 5.59. The minimum atomic E-state index is -0.590. The monoisotopic (exact) mass is 485 g/mol. The van der Waals surface area contributed by atoms with Gasteiger partial charge >= 0.3 is 0 Å². The Hall–Kier alpha value is -4.08. The Labute approximate surface area is 197 Å². The fraction of sp³-hybridized carbons (Fsp3) is 0. The van der Waals surface area contributed by atoms with Crippen LogP contribution in [-0.4, -0.2) is 14.7 Å². The Kier molecular flexibility index (Phi) is 7.50. The highest BCUT2D eigenvalue weighted by Crippen LogP contribution is 2.38. The van der Waals surface area contributed by atoms with E-state index in [0.29, 0.717) is 11.4 Å². The standard InChI is InChI=1S/C12H9ClN2O3.C10H8ClN3O/c13-11-10(18-8-4-2-1-3-5-8)7-6-9(12(11)14)15(16)17;11-9-8(12)6-13-14(10(9)15)7-4-2-1-3-5-7/h1-7H,14H2;1-6H,12H2. The van der Waals surface area contributed by atoms with Crippen LogP contribution < -0.4 is 21.8 Å². The molecular weight excluding hydrogens is 469 g/mol. The zero-order chi connectivity index (χ0) is 24.0. The first-order valence-corrected chi connectivity index (χ1v) is 10.1. The molecule has 168 valence electrons. The van der Waals surface area contributed by atoms with Crippen LogP contribution in [0.15, 0.2) is 83.8 Å². The predicted molar refractivity (Wildman–Crippen MR) is 128 cm³/mol. The second kappa shape index (κ2) is 10.5. The third-order valence-electron chi connectivity index (χ3n) is 4.24. The molecule has 4 rings (SSSR count). The number of rotatable bonds is 4. The van der Waals surface area contributed by atoms with Gasteiger partial charge in [0, 0.05) is 6.07 Å². The van der Waals surface area contributed by atoms with Gasteiger partial charge in [0.1, 0.15) is 27.2 Å². The van der Waals surface area contributed by atoms with E-state index in [4.69, 9.17) is 39.4 Å². The molecule has 0 bridgehead atoms. The number of benzene rings is 3. The molecule has 4 aromatic rings. The number of nitro groups is 1. The van der Waals surface area contributed by atoms with E-state index < -0.39 is 10.5 Å². The summed E-state index contributed by atoms with van der Waals surface area (Å²) in [6, 6.07) is 20.6. The van der Waals surface area contributed by atoms with Crippen LogP contribution in [-0.2, 0) is 0 Å². The molecule has 0 aliphatic carbocycles. The highest BCUT2D eigenvalue weighted by atomic mass is 35.5. The van der Waals surface area contributed by atoms with E-state index in [0.717, 1.165) is 0 Å². The average Bonchev–Trinajstić information content (AvgIpc) is 2.82. The van der Waals surface area contributed by atoms with Gasteiger partial charge in [0.2, 0.25) is 0 Å². The van der Waals surface area contributed by atoms with Gasteiger partial charge in [-0.3, -0.25) is 14.9 Å². The van der Waals surface area contributed by atoms with Gasteiger partial charge in [-0.1, -0.05) is 59.6 Å². The van der Waals surface area contributed by atoms with Crippen LogP contribution in [0.3, 0.4) is 0 Å². The van der Waals surface area contributed by atoms with Crippen LogP contribution >= 0.6 is 23.2 Å². The molecule has 3 aromatic carbocycles. The summed E-state index contributed by atoms with van der Waals surface area (Å²) in [6.45, 7) is 0. The molecule has 1 heterocycles. The number of nitrogens with two attached hydrogens (primary N) is 2. The SMILES string of the molecule is Nc1c([N+](=O)[O-])ccc(Oc2ccccc2)c1Cl.Nc1cnn(-c2ccccc2)c(=O)c1Cl. The lowest BCUT2D eigenvalue weighted by atomic mass is 10.2. The molecule has 0 saturated carbocycles. The van der Waals surface area contributed by atoms with Crippen molar-refractivity contribution in [2.75, 3.05) is 11.5 Å². The lowest BCUT2D eigenvalue weighted by Crippen LogP contribution is -2.22. The van der Waals surface area contributed by atoms with Crippen molar-refractivity contribution in [3.63, 3.8) is 0 Å². The first kappa shape index (κ1) is 23.6. The molecule has 9 nitrogen and oxygen atoms in total. The summed E-state index contributed by atoms with van der Waals surface area (Å²) < 4.78 is 6.70. The molecule has 4 N–H and O–H groups in total. The Bertz CT molecular complexity index is 1330. The van der Waals surface area contributed by atoms with Gasteiger partial charge in [0.25, 0.3) is 11.2 Å². The number of nitrogen functional groups attached to an aromatic ring is 2.